The smallest absolute Gasteiger partial charge is 0.331 e. The van der Waals surface area contributed by atoms with Gasteiger partial charge < -0.3 is 4.74 Å². The van der Waals surface area contributed by atoms with Gasteiger partial charge in [-0.05, 0) is 12.1 Å². The predicted octanol–water partition coefficient (Wildman–Crippen LogP) is 4.00. The van der Waals surface area contributed by atoms with Crippen molar-refractivity contribution in [2.75, 3.05) is 0 Å². The van der Waals surface area contributed by atoms with Gasteiger partial charge in [0.05, 0.1) is 9.85 Å². The molecule has 0 aliphatic rings. The molecule has 0 saturated heterocycles. The lowest BCUT2D eigenvalue weighted by molar-refractivity contribution is -0.386. The summed E-state index contributed by atoms with van der Waals surface area (Å²) in [4.78, 5) is 23.9. The Kier molecular flexibility index (Phi) is 4.20. The highest BCUT2D eigenvalue weighted by atomic mass is 35.5. The van der Waals surface area contributed by atoms with E-state index < -0.39 is 15.5 Å². The Balaban J connectivity index is 2.38. The average molecular weight is 330 g/mol. The van der Waals surface area contributed by atoms with E-state index in [-0.39, 0.29) is 27.5 Å². The van der Waals surface area contributed by atoms with Crippen LogP contribution in [-0.2, 0) is 0 Å². The second kappa shape index (κ2) is 5.90. The number of nitro groups is 2. The largest absolute Gasteiger partial charge is 0.434 e. The van der Waals surface area contributed by atoms with Crippen LogP contribution in [0.4, 0.5) is 11.4 Å². The molecule has 2 rings (SSSR count). The third kappa shape index (κ3) is 3.36. The maximum atomic E-state index is 10.9. The van der Waals surface area contributed by atoms with Crippen LogP contribution >= 0.6 is 23.2 Å². The number of pyridine rings is 1. The van der Waals surface area contributed by atoms with Crippen LogP contribution in [0.15, 0.2) is 30.3 Å². The third-order valence-electron chi connectivity index (χ3n) is 2.33. The van der Waals surface area contributed by atoms with Crippen molar-refractivity contribution in [3.8, 4) is 11.6 Å². The minimum absolute atomic E-state index is 0.00334. The first-order valence-electron chi connectivity index (χ1n) is 5.31. The minimum atomic E-state index is -0.689. The van der Waals surface area contributed by atoms with E-state index in [1.807, 2.05) is 0 Å². The van der Waals surface area contributed by atoms with Crippen molar-refractivity contribution in [3.05, 3.63) is 60.7 Å². The second-order valence-corrected chi connectivity index (χ2v) is 4.48. The average Bonchev–Trinajstić information content (AvgIpc) is 2.37. The summed E-state index contributed by atoms with van der Waals surface area (Å²) >= 11 is 11.4. The zero-order chi connectivity index (χ0) is 15.6. The normalized spacial score (nSPS) is 10.2. The van der Waals surface area contributed by atoms with Crippen molar-refractivity contribution in [2.24, 2.45) is 0 Å². The second-order valence-electron chi connectivity index (χ2n) is 3.69. The summed E-state index contributed by atoms with van der Waals surface area (Å²) in [5.74, 6) is -0.277. The molecule has 0 radical (unpaired) electrons. The summed E-state index contributed by atoms with van der Waals surface area (Å²) in [7, 11) is 0. The number of hydrogen-bond acceptors (Lipinski definition) is 6. The maximum absolute atomic E-state index is 10.9. The number of rotatable bonds is 4. The third-order valence-corrected chi connectivity index (χ3v) is 2.85. The van der Waals surface area contributed by atoms with Gasteiger partial charge in [0.15, 0.2) is 0 Å². The van der Waals surface area contributed by atoms with Crippen molar-refractivity contribution >= 4 is 34.6 Å². The van der Waals surface area contributed by atoms with E-state index >= 15 is 0 Å². The SMILES string of the molecule is O=[N+]([O-])c1ccc(Oc2nc(Cl)ccc2[N+](=O)[O-])cc1Cl. The molecule has 1 aromatic carbocycles. The summed E-state index contributed by atoms with van der Waals surface area (Å²) < 4.78 is 5.22. The zero-order valence-electron chi connectivity index (χ0n) is 10.0. The van der Waals surface area contributed by atoms with Gasteiger partial charge in [0.25, 0.3) is 5.69 Å². The van der Waals surface area contributed by atoms with Crippen LogP contribution in [0.25, 0.3) is 0 Å². The predicted molar refractivity (Wildman–Crippen MR) is 74.1 cm³/mol. The molecule has 0 fully saturated rings. The van der Waals surface area contributed by atoms with Crippen LogP contribution < -0.4 is 4.74 Å². The quantitative estimate of drug-likeness (QED) is 0.476. The summed E-state index contributed by atoms with van der Waals surface area (Å²) in [5, 5.41) is 21.3. The monoisotopic (exact) mass is 329 g/mol. The summed E-state index contributed by atoms with van der Waals surface area (Å²) in [6.07, 6.45) is 0. The van der Waals surface area contributed by atoms with Gasteiger partial charge in [-0.1, -0.05) is 23.2 Å². The molecule has 0 aliphatic carbocycles. The first kappa shape index (κ1) is 14.9. The van der Waals surface area contributed by atoms with Crippen LogP contribution in [0.2, 0.25) is 10.2 Å². The molecule has 2 aromatic rings. The number of benzene rings is 1. The number of aromatic nitrogens is 1. The van der Waals surface area contributed by atoms with Crippen molar-refractivity contribution < 1.29 is 14.6 Å². The molecule has 0 N–H and O–H groups in total. The van der Waals surface area contributed by atoms with Gasteiger partial charge >= 0.3 is 11.6 Å². The Bertz CT molecular complexity index is 738. The lowest BCUT2D eigenvalue weighted by atomic mass is 10.3. The van der Waals surface area contributed by atoms with E-state index in [1.54, 1.807) is 0 Å². The van der Waals surface area contributed by atoms with Crippen LogP contribution in [0.1, 0.15) is 0 Å². The van der Waals surface area contributed by atoms with Crippen LogP contribution in [0.5, 0.6) is 11.6 Å². The van der Waals surface area contributed by atoms with E-state index in [0.717, 1.165) is 18.2 Å². The molecule has 1 aromatic heterocycles. The molecule has 108 valence electrons. The Morgan fingerprint density at radius 3 is 2.19 bits per heavy atom. The Labute approximate surface area is 127 Å². The topological polar surface area (TPSA) is 108 Å². The van der Waals surface area contributed by atoms with E-state index in [0.29, 0.717) is 0 Å². The molecular formula is C11H5Cl2N3O5. The number of nitro benzene ring substituents is 1. The molecular weight excluding hydrogens is 325 g/mol. The summed E-state index contributed by atoms with van der Waals surface area (Å²) in [5.41, 5.74) is -0.702. The highest BCUT2D eigenvalue weighted by Crippen LogP contribution is 2.34. The van der Waals surface area contributed by atoms with Gasteiger partial charge in [-0.15, -0.1) is 0 Å². The van der Waals surface area contributed by atoms with Crippen LogP contribution in [-0.4, -0.2) is 14.8 Å². The van der Waals surface area contributed by atoms with Crippen molar-refractivity contribution in [2.45, 2.75) is 0 Å². The molecule has 0 saturated carbocycles. The Morgan fingerprint density at radius 2 is 1.62 bits per heavy atom. The minimum Gasteiger partial charge on any atom is -0.434 e. The molecule has 21 heavy (non-hydrogen) atoms. The van der Waals surface area contributed by atoms with Gasteiger partial charge in [0, 0.05) is 18.2 Å². The molecule has 0 bridgehead atoms. The van der Waals surface area contributed by atoms with E-state index in [1.165, 1.54) is 12.1 Å². The summed E-state index contributed by atoms with van der Waals surface area (Å²) in [6, 6.07) is 5.91. The van der Waals surface area contributed by atoms with E-state index in [4.69, 9.17) is 27.9 Å². The van der Waals surface area contributed by atoms with Gasteiger partial charge in [0.2, 0.25) is 0 Å². The fourth-order valence-electron chi connectivity index (χ4n) is 1.44. The molecule has 0 spiro atoms. The first-order valence-corrected chi connectivity index (χ1v) is 6.07. The van der Waals surface area contributed by atoms with E-state index in [2.05, 4.69) is 4.98 Å². The molecule has 8 nitrogen and oxygen atoms in total. The number of ether oxygens (including phenoxy) is 1. The van der Waals surface area contributed by atoms with Gasteiger partial charge in [0.1, 0.15) is 15.9 Å². The lowest BCUT2D eigenvalue weighted by Gasteiger charge is -2.06. The Hall–Kier alpha value is -2.45. The van der Waals surface area contributed by atoms with Gasteiger partial charge in [-0.3, -0.25) is 20.2 Å². The van der Waals surface area contributed by atoms with Crippen LogP contribution in [0, 0.1) is 20.2 Å². The fraction of sp³-hybridized carbons (Fsp3) is 0. The number of hydrogen-bond donors (Lipinski definition) is 0. The molecule has 0 amide bonds. The molecule has 1 heterocycles. The van der Waals surface area contributed by atoms with Crippen molar-refractivity contribution in [3.63, 3.8) is 0 Å². The van der Waals surface area contributed by atoms with Gasteiger partial charge in [-0.2, -0.15) is 4.98 Å². The van der Waals surface area contributed by atoms with Crippen LogP contribution in [0.3, 0.4) is 0 Å². The molecule has 10 heteroatoms. The Morgan fingerprint density at radius 1 is 1.00 bits per heavy atom. The fourth-order valence-corrected chi connectivity index (χ4v) is 1.81. The van der Waals surface area contributed by atoms with Crippen molar-refractivity contribution in [1.29, 1.82) is 0 Å². The standard InChI is InChI=1S/C11H5Cl2N3O5/c12-7-5-6(1-2-8(7)15(17)18)21-11-9(16(19)20)3-4-10(13)14-11/h1-5H. The summed E-state index contributed by atoms with van der Waals surface area (Å²) in [6.45, 7) is 0. The first-order chi connectivity index (χ1) is 9.88. The molecule has 0 unspecified atom stereocenters. The lowest BCUT2D eigenvalue weighted by Crippen LogP contribution is -1.96. The maximum Gasteiger partial charge on any atom is 0.331 e. The van der Waals surface area contributed by atoms with E-state index in [9.17, 15) is 20.2 Å². The van der Waals surface area contributed by atoms with Gasteiger partial charge in [-0.25, -0.2) is 0 Å². The van der Waals surface area contributed by atoms with Crippen molar-refractivity contribution in [1.82, 2.24) is 4.98 Å². The number of nitrogens with zero attached hydrogens (tertiary/aromatic N) is 3. The molecule has 0 atom stereocenters. The highest BCUT2D eigenvalue weighted by molar-refractivity contribution is 6.32. The number of halogens is 2. The highest BCUT2D eigenvalue weighted by Gasteiger charge is 2.19. The zero-order valence-corrected chi connectivity index (χ0v) is 11.5. The molecule has 0 aliphatic heterocycles.